The Morgan fingerprint density at radius 3 is 2.44 bits per heavy atom. The molecule has 0 radical (unpaired) electrons. The van der Waals surface area contributed by atoms with Crippen molar-refractivity contribution >= 4 is 16.2 Å². The largest absolute Gasteiger partial charge is 0.481 e. The Kier molecular flexibility index (Phi) is 6.04. The van der Waals surface area contributed by atoms with Crippen LogP contribution in [0.15, 0.2) is 0 Å². The molecule has 0 aromatic carbocycles. The van der Waals surface area contributed by atoms with Gasteiger partial charge < -0.3 is 5.11 Å². The van der Waals surface area contributed by atoms with Gasteiger partial charge in [-0.2, -0.15) is 17.4 Å². The number of carboxylic acids is 1. The summed E-state index contributed by atoms with van der Waals surface area (Å²) in [6.45, 7) is 2.96. The molecule has 0 spiro atoms. The van der Waals surface area contributed by atoms with Gasteiger partial charge in [-0.15, -0.1) is 0 Å². The lowest BCUT2D eigenvalue weighted by molar-refractivity contribution is -0.137. The average molecular weight is 278 g/mol. The molecule has 0 aliphatic carbocycles. The van der Waals surface area contributed by atoms with Crippen LogP contribution in [-0.2, 0) is 15.0 Å². The van der Waals surface area contributed by atoms with Gasteiger partial charge in [0.25, 0.3) is 10.2 Å². The quantitative estimate of drug-likeness (QED) is 0.726. The monoisotopic (exact) mass is 278 g/mol. The maximum Gasteiger partial charge on any atom is 0.304 e. The van der Waals surface area contributed by atoms with Gasteiger partial charge in [-0.05, 0) is 19.3 Å². The molecule has 1 saturated heterocycles. The lowest BCUT2D eigenvalue weighted by Gasteiger charge is -2.28. The standard InChI is InChI=1S/C11H22N2O4S/c1-2-6-10(9-11(14)15)12-18(16,17)13-7-4-3-5-8-13/h10,12H,2-9H2,1H3,(H,14,15). The van der Waals surface area contributed by atoms with Crippen LogP contribution in [0.5, 0.6) is 0 Å². The molecular formula is C11H22N2O4S. The highest BCUT2D eigenvalue weighted by Gasteiger charge is 2.27. The minimum absolute atomic E-state index is 0.166. The van der Waals surface area contributed by atoms with Crippen molar-refractivity contribution in [3.8, 4) is 0 Å². The van der Waals surface area contributed by atoms with Crippen LogP contribution in [-0.4, -0.2) is 42.9 Å². The Bertz CT molecular complexity index is 363. The van der Waals surface area contributed by atoms with E-state index in [4.69, 9.17) is 5.11 Å². The molecule has 1 aliphatic heterocycles. The molecular weight excluding hydrogens is 256 g/mol. The molecule has 0 amide bonds. The second-order valence-corrected chi connectivity index (χ2v) is 6.37. The van der Waals surface area contributed by atoms with Gasteiger partial charge in [-0.25, -0.2) is 0 Å². The van der Waals surface area contributed by atoms with E-state index >= 15 is 0 Å². The molecule has 2 N–H and O–H groups in total. The molecule has 1 atom stereocenters. The van der Waals surface area contributed by atoms with Gasteiger partial charge in [0.2, 0.25) is 0 Å². The summed E-state index contributed by atoms with van der Waals surface area (Å²) in [5, 5.41) is 8.77. The van der Waals surface area contributed by atoms with E-state index in [-0.39, 0.29) is 6.42 Å². The van der Waals surface area contributed by atoms with Crippen molar-refractivity contribution in [1.29, 1.82) is 0 Å². The fourth-order valence-corrected chi connectivity index (χ4v) is 3.66. The number of rotatable bonds is 7. The van der Waals surface area contributed by atoms with Gasteiger partial charge >= 0.3 is 5.97 Å². The van der Waals surface area contributed by atoms with E-state index in [0.717, 1.165) is 25.7 Å². The summed E-state index contributed by atoms with van der Waals surface area (Å²) in [7, 11) is -3.53. The van der Waals surface area contributed by atoms with Crippen LogP contribution in [0.4, 0.5) is 0 Å². The van der Waals surface area contributed by atoms with Crippen molar-refractivity contribution in [2.24, 2.45) is 0 Å². The van der Waals surface area contributed by atoms with Gasteiger partial charge in [0.1, 0.15) is 0 Å². The van der Waals surface area contributed by atoms with Crippen molar-refractivity contribution in [2.45, 2.75) is 51.5 Å². The first kappa shape index (κ1) is 15.4. The van der Waals surface area contributed by atoms with Gasteiger partial charge in [0.05, 0.1) is 6.42 Å². The van der Waals surface area contributed by atoms with Crippen molar-refractivity contribution in [1.82, 2.24) is 9.03 Å². The number of piperidine rings is 1. The van der Waals surface area contributed by atoms with E-state index in [1.165, 1.54) is 4.31 Å². The summed E-state index contributed by atoms with van der Waals surface area (Å²) < 4.78 is 28.1. The Hall–Kier alpha value is -0.660. The smallest absolute Gasteiger partial charge is 0.304 e. The Labute approximate surface area is 109 Å². The van der Waals surface area contributed by atoms with Crippen molar-refractivity contribution in [3.05, 3.63) is 0 Å². The first-order chi connectivity index (χ1) is 8.45. The summed E-state index contributed by atoms with van der Waals surface area (Å²) in [6.07, 6.45) is 3.93. The summed E-state index contributed by atoms with van der Waals surface area (Å²) in [5.41, 5.74) is 0. The van der Waals surface area contributed by atoms with E-state index in [1.807, 2.05) is 6.92 Å². The molecule has 1 unspecified atom stereocenters. The predicted octanol–water partition coefficient (Wildman–Crippen LogP) is 0.950. The number of nitrogens with one attached hydrogen (secondary N) is 1. The topological polar surface area (TPSA) is 86.7 Å². The molecule has 18 heavy (non-hydrogen) atoms. The highest BCUT2D eigenvalue weighted by molar-refractivity contribution is 7.87. The van der Waals surface area contributed by atoms with Crippen LogP contribution in [0.2, 0.25) is 0 Å². The molecule has 0 aromatic rings. The summed E-state index contributed by atoms with van der Waals surface area (Å²) in [4.78, 5) is 10.7. The van der Waals surface area contributed by atoms with E-state index in [1.54, 1.807) is 0 Å². The first-order valence-corrected chi connectivity index (χ1v) is 7.89. The Balaban J connectivity index is 2.62. The highest BCUT2D eigenvalue weighted by Crippen LogP contribution is 2.13. The van der Waals surface area contributed by atoms with Crippen LogP contribution in [0.25, 0.3) is 0 Å². The summed E-state index contributed by atoms with van der Waals surface area (Å²) in [5.74, 6) is -0.977. The molecule has 0 bridgehead atoms. The molecule has 7 heteroatoms. The van der Waals surface area contributed by atoms with Crippen LogP contribution >= 0.6 is 0 Å². The zero-order chi connectivity index (χ0) is 13.6. The van der Waals surface area contributed by atoms with Crippen molar-refractivity contribution in [3.63, 3.8) is 0 Å². The molecule has 106 valence electrons. The molecule has 0 saturated carbocycles. The summed E-state index contributed by atoms with van der Waals surface area (Å²) >= 11 is 0. The maximum atomic E-state index is 12.1. The van der Waals surface area contributed by atoms with Crippen molar-refractivity contribution < 1.29 is 18.3 Å². The number of carboxylic acid groups (broad SMARTS) is 1. The maximum absolute atomic E-state index is 12.1. The molecule has 0 aromatic heterocycles. The second kappa shape index (κ2) is 7.06. The zero-order valence-electron chi connectivity index (χ0n) is 10.8. The normalized spacial score (nSPS) is 19.6. The number of nitrogens with zero attached hydrogens (tertiary/aromatic N) is 1. The molecule has 6 nitrogen and oxygen atoms in total. The van der Waals surface area contributed by atoms with Gasteiger partial charge in [-0.1, -0.05) is 19.8 Å². The molecule has 1 rings (SSSR count). The van der Waals surface area contributed by atoms with Gasteiger partial charge in [0.15, 0.2) is 0 Å². The van der Waals surface area contributed by atoms with Crippen LogP contribution < -0.4 is 4.72 Å². The SMILES string of the molecule is CCCC(CC(=O)O)NS(=O)(=O)N1CCCCC1. The first-order valence-electron chi connectivity index (χ1n) is 6.45. The predicted molar refractivity (Wildman–Crippen MR) is 68.4 cm³/mol. The number of aliphatic carboxylic acids is 1. The average Bonchev–Trinajstić information content (AvgIpc) is 2.29. The van der Waals surface area contributed by atoms with E-state index in [2.05, 4.69) is 4.72 Å². The minimum Gasteiger partial charge on any atom is -0.481 e. The van der Waals surface area contributed by atoms with Gasteiger partial charge in [0, 0.05) is 19.1 Å². The van der Waals surface area contributed by atoms with Crippen LogP contribution in [0.1, 0.15) is 45.4 Å². The fourth-order valence-electron chi connectivity index (χ4n) is 2.15. The van der Waals surface area contributed by atoms with Crippen molar-refractivity contribution in [2.75, 3.05) is 13.1 Å². The Morgan fingerprint density at radius 2 is 1.94 bits per heavy atom. The third-order valence-electron chi connectivity index (χ3n) is 3.03. The second-order valence-electron chi connectivity index (χ2n) is 4.67. The third kappa shape index (κ3) is 4.91. The lowest BCUT2D eigenvalue weighted by atomic mass is 10.1. The number of carbonyl (C=O) groups is 1. The Morgan fingerprint density at radius 1 is 1.33 bits per heavy atom. The zero-order valence-corrected chi connectivity index (χ0v) is 11.6. The van der Waals surface area contributed by atoms with Gasteiger partial charge in [-0.3, -0.25) is 4.79 Å². The molecule has 1 heterocycles. The third-order valence-corrected chi connectivity index (χ3v) is 4.70. The minimum atomic E-state index is -3.53. The lowest BCUT2D eigenvalue weighted by Crippen LogP contribution is -2.47. The number of hydrogen-bond acceptors (Lipinski definition) is 3. The van der Waals surface area contributed by atoms with E-state index in [9.17, 15) is 13.2 Å². The number of hydrogen-bond donors (Lipinski definition) is 2. The van der Waals surface area contributed by atoms with E-state index in [0.29, 0.717) is 19.5 Å². The molecule has 1 fully saturated rings. The fraction of sp³-hybridized carbons (Fsp3) is 0.909. The summed E-state index contributed by atoms with van der Waals surface area (Å²) in [6, 6.07) is -0.514. The molecule has 1 aliphatic rings. The highest BCUT2D eigenvalue weighted by atomic mass is 32.2. The van der Waals surface area contributed by atoms with Crippen LogP contribution in [0.3, 0.4) is 0 Å². The van der Waals surface area contributed by atoms with E-state index < -0.39 is 22.2 Å². The van der Waals surface area contributed by atoms with Crippen LogP contribution in [0, 0.1) is 0 Å².